The van der Waals surface area contributed by atoms with Gasteiger partial charge >= 0.3 is 6.03 Å². The number of urea groups is 1. The first-order valence-corrected chi connectivity index (χ1v) is 12.3. The second-order valence-electron chi connectivity index (χ2n) is 8.26. The number of pyridine rings is 1. The monoisotopic (exact) mass is 450 g/mol. The molecule has 30 heavy (non-hydrogen) atoms. The first kappa shape index (κ1) is 22.9. The van der Waals surface area contributed by atoms with Crippen LogP contribution in [0.3, 0.4) is 0 Å². The third-order valence-corrected chi connectivity index (χ3v) is 7.42. The zero-order valence-corrected chi connectivity index (χ0v) is 19.3. The summed E-state index contributed by atoms with van der Waals surface area (Å²) < 4.78 is 11.4. The average molecular weight is 451 g/mol. The number of nitrogens with zero attached hydrogens (tertiary/aromatic N) is 1. The number of rotatable bonds is 5. The molecule has 2 amide bonds. The first-order chi connectivity index (χ1) is 14.1. The van der Waals surface area contributed by atoms with Gasteiger partial charge in [0.1, 0.15) is 15.2 Å². The number of nitrogens with one attached hydrogen (secondary N) is 1. The van der Waals surface area contributed by atoms with Crippen LogP contribution >= 0.6 is 11.3 Å². The number of primary amides is 1. The predicted octanol–water partition coefficient (Wildman–Crippen LogP) is 3.46. The molecule has 0 radical (unpaired) electrons. The molecule has 0 aliphatic heterocycles. The van der Waals surface area contributed by atoms with Crippen molar-refractivity contribution in [1.82, 2.24) is 4.98 Å². The van der Waals surface area contributed by atoms with Gasteiger partial charge in [0, 0.05) is 17.3 Å². The molecule has 2 aromatic heterocycles. The topological polar surface area (TPSA) is 131 Å². The van der Waals surface area contributed by atoms with E-state index >= 15 is 0 Å². The van der Waals surface area contributed by atoms with Gasteiger partial charge in [0.25, 0.3) is 0 Å². The van der Waals surface area contributed by atoms with Crippen molar-refractivity contribution in [1.29, 1.82) is 0 Å². The Kier molecular flexibility index (Phi) is 6.96. The van der Waals surface area contributed by atoms with Gasteiger partial charge in [0.05, 0.1) is 11.3 Å². The molecule has 7 nitrogen and oxygen atoms in total. The summed E-state index contributed by atoms with van der Waals surface area (Å²) in [6.45, 7) is 5.48. The van der Waals surface area contributed by atoms with Crippen molar-refractivity contribution in [2.45, 2.75) is 75.0 Å². The molecule has 4 rings (SSSR count). The molecule has 1 fully saturated rings. The number of hydrogen-bond acceptors (Lipinski definition) is 5. The van der Waals surface area contributed by atoms with Crippen molar-refractivity contribution in [3.05, 3.63) is 39.5 Å². The molecule has 0 bridgehead atoms. The van der Waals surface area contributed by atoms with Crippen molar-refractivity contribution in [2.75, 3.05) is 5.32 Å². The number of carbonyl (C=O) groups is 1. The quantitative estimate of drug-likeness (QED) is 0.555. The molecule has 9 heteroatoms. The highest BCUT2D eigenvalue weighted by Gasteiger charge is 2.31. The highest BCUT2D eigenvalue weighted by Crippen LogP contribution is 2.44. The fourth-order valence-electron chi connectivity index (χ4n) is 3.71. The van der Waals surface area contributed by atoms with Gasteiger partial charge < -0.3 is 16.2 Å². The Morgan fingerprint density at radius 3 is 2.57 bits per heavy atom. The molecule has 2 aliphatic carbocycles. The lowest BCUT2D eigenvalue weighted by atomic mass is 10.00. The SMILES string of the molecule is CC(C)(O)c1csc(S(N)=O)c1.CCc1c(C2CC2)nc2c(c1NC(N)=O)CCC2. The van der Waals surface area contributed by atoms with E-state index in [0.717, 1.165) is 36.9 Å². The van der Waals surface area contributed by atoms with E-state index in [1.54, 1.807) is 25.3 Å². The number of aliphatic hydroxyl groups is 1. The second kappa shape index (κ2) is 9.13. The lowest BCUT2D eigenvalue weighted by Crippen LogP contribution is -2.22. The molecular formula is C21H30N4O3S2. The van der Waals surface area contributed by atoms with Gasteiger partial charge in [-0.25, -0.2) is 14.1 Å². The van der Waals surface area contributed by atoms with Crippen LogP contribution in [0.5, 0.6) is 0 Å². The number of thiophene rings is 1. The van der Waals surface area contributed by atoms with Crippen LogP contribution in [0.1, 0.15) is 74.0 Å². The zero-order valence-electron chi connectivity index (χ0n) is 17.7. The summed E-state index contributed by atoms with van der Waals surface area (Å²) in [5.41, 5.74) is 11.0. The maximum atomic E-state index is 11.2. The summed E-state index contributed by atoms with van der Waals surface area (Å²) in [7, 11) is -1.44. The Hall–Kier alpha value is -1.81. The Morgan fingerprint density at radius 2 is 2.10 bits per heavy atom. The van der Waals surface area contributed by atoms with Crippen LogP contribution in [0, 0.1) is 0 Å². The minimum Gasteiger partial charge on any atom is -0.386 e. The van der Waals surface area contributed by atoms with Gasteiger partial charge in [-0.15, -0.1) is 11.3 Å². The molecule has 1 unspecified atom stereocenters. The minimum atomic E-state index is -1.44. The number of aromatic nitrogens is 1. The first-order valence-electron chi connectivity index (χ1n) is 10.2. The number of hydrogen-bond donors (Lipinski definition) is 4. The Bertz CT molecular complexity index is 962. The van der Waals surface area contributed by atoms with Crippen molar-refractivity contribution < 1.29 is 14.1 Å². The second-order valence-corrected chi connectivity index (χ2v) is 10.5. The van der Waals surface area contributed by atoms with Gasteiger partial charge in [0.15, 0.2) is 0 Å². The Labute approximate surface area is 183 Å². The van der Waals surface area contributed by atoms with E-state index < -0.39 is 22.6 Å². The number of amides is 2. The van der Waals surface area contributed by atoms with Crippen LogP contribution in [0.2, 0.25) is 0 Å². The summed E-state index contributed by atoms with van der Waals surface area (Å²) in [4.78, 5) is 16.1. The molecule has 164 valence electrons. The molecular weight excluding hydrogens is 420 g/mol. The maximum Gasteiger partial charge on any atom is 0.316 e. The number of aryl methyl sites for hydroxylation is 1. The predicted molar refractivity (Wildman–Crippen MR) is 121 cm³/mol. The highest BCUT2D eigenvalue weighted by atomic mass is 32.2. The van der Waals surface area contributed by atoms with E-state index in [1.807, 2.05) is 0 Å². The van der Waals surface area contributed by atoms with Crippen LogP contribution in [0.4, 0.5) is 10.5 Å². The lowest BCUT2D eigenvalue weighted by molar-refractivity contribution is 0.0789. The van der Waals surface area contributed by atoms with E-state index in [4.69, 9.17) is 15.9 Å². The smallest absolute Gasteiger partial charge is 0.316 e. The standard InChI is InChI=1S/C14H19N3O.C7H11NO2S2/c1-2-9-12(8-6-7-8)16-11-5-3-4-10(11)13(9)17-14(15)18;1-7(2,9)5-3-6(11-4-5)12(8)10/h8H,2-7H2,1H3,(H3,15,16,17,18);3-4,9H,8H2,1-2H3. The number of nitrogens with two attached hydrogens (primary N) is 2. The molecule has 0 saturated heterocycles. The fraction of sp³-hybridized carbons (Fsp3) is 0.524. The van der Waals surface area contributed by atoms with E-state index in [-0.39, 0.29) is 0 Å². The lowest BCUT2D eigenvalue weighted by Gasteiger charge is -2.17. The zero-order chi connectivity index (χ0) is 22.1. The van der Waals surface area contributed by atoms with Gasteiger partial charge in [-0.1, -0.05) is 6.92 Å². The minimum absolute atomic E-state index is 0.466. The summed E-state index contributed by atoms with van der Waals surface area (Å²) in [5, 5.41) is 19.3. The molecule has 1 atom stereocenters. The van der Waals surface area contributed by atoms with Gasteiger partial charge in [0.2, 0.25) is 0 Å². The Balaban J connectivity index is 0.000000187. The molecule has 2 aromatic rings. The van der Waals surface area contributed by atoms with Crippen molar-refractivity contribution in [3.8, 4) is 0 Å². The highest BCUT2D eigenvalue weighted by molar-refractivity contribution is 7.85. The van der Waals surface area contributed by atoms with Crippen molar-refractivity contribution in [2.24, 2.45) is 10.9 Å². The largest absolute Gasteiger partial charge is 0.386 e. The number of fused-ring (bicyclic) bond motifs is 1. The van der Waals surface area contributed by atoms with E-state index in [9.17, 15) is 14.1 Å². The molecule has 0 spiro atoms. The van der Waals surface area contributed by atoms with Gasteiger partial charge in [-0.3, -0.25) is 4.98 Å². The third-order valence-electron chi connectivity index (χ3n) is 5.40. The normalized spacial score (nSPS) is 16.4. The average Bonchev–Trinajstić information content (AvgIpc) is 3.17. The fourth-order valence-corrected chi connectivity index (χ4v) is 5.27. The van der Waals surface area contributed by atoms with Crippen LogP contribution in [-0.2, 0) is 35.8 Å². The van der Waals surface area contributed by atoms with Crippen molar-refractivity contribution >= 4 is 34.0 Å². The molecule has 2 aliphatic rings. The molecule has 1 saturated carbocycles. The maximum absolute atomic E-state index is 11.2. The summed E-state index contributed by atoms with van der Waals surface area (Å²) in [6.07, 6.45) is 6.54. The Morgan fingerprint density at radius 1 is 1.40 bits per heavy atom. The van der Waals surface area contributed by atoms with Crippen LogP contribution in [-0.4, -0.2) is 20.3 Å². The van der Waals surface area contributed by atoms with E-state index in [2.05, 4.69) is 12.2 Å². The number of carbonyl (C=O) groups excluding carboxylic acids is 1. The van der Waals surface area contributed by atoms with Gasteiger partial charge in [-0.05, 0) is 80.5 Å². The van der Waals surface area contributed by atoms with Gasteiger partial charge in [-0.2, -0.15) is 0 Å². The van der Waals surface area contributed by atoms with Crippen LogP contribution < -0.4 is 16.2 Å². The third kappa shape index (κ3) is 5.26. The van der Waals surface area contributed by atoms with Crippen LogP contribution in [0.15, 0.2) is 15.7 Å². The number of anilines is 1. The van der Waals surface area contributed by atoms with E-state index in [0.29, 0.717) is 10.1 Å². The molecule has 6 N–H and O–H groups in total. The van der Waals surface area contributed by atoms with Crippen molar-refractivity contribution in [3.63, 3.8) is 0 Å². The van der Waals surface area contributed by atoms with Crippen LogP contribution in [0.25, 0.3) is 0 Å². The summed E-state index contributed by atoms with van der Waals surface area (Å²) in [5.74, 6) is 0.610. The summed E-state index contributed by atoms with van der Waals surface area (Å²) >= 11 is 1.30. The van der Waals surface area contributed by atoms with E-state index in [1.165, 1.54) is 46.7 Å². The molecule has 2 heterocycles. The molecule has 0 aromatic carbocycles. The summed E-state index contributed by atoms with van der Waals surface area (Å²) in [6, 6.07) is 1.20.